The SMILES string of the molecule is CC(=O)Nc1ccc(CNc2cc(=O)n(O)c3ncnc(C)c23)cc1.CC(=O)Nc1ccc(CNc2cc(=O)n(OCc3ccccc3)c3ncnc(C)c23)cc1. The van der Waals surface area contributed by atoms with E-state index in [1.807, 2.05) is 73.7 Å². The number of fused-ring (bicyclic) bond motifs is 2. The van der Waals surface area contributed by atoms with Crippen molar-refractivity contribution in [3.8, 4) is 0 Å². The van der Waals surface area contributed by atoms with Crippen LogP contribution in [0.1, 0.15) is 41.9 Å². The number of carbonyl (C=O) groups excluding carboxylic acids is 2. The van der Waals surface area contributed by atoms with Crippen LogP contribution in [0.25, 0.3) is 22.1 Å². The van der Waals surface area contributed by atoms with Crippen LogP contribution < -0.4 is 37.2 Å². The number of anilines is 4. The Hall–Kier alpha value is -7.62. The fourth-order valence-electron chi connectivity index (χ4n) is 5.92. The minimum Gasteiger partial charge on any atom is -0.423 e. The number of benzene rings is 3. The van der Waals surface area contributed by atoms with Gasteiger partial charge in [-0.05, 0) is 54.8 Å². The van der Waals surface area contributed by atoms with Crippen molar-refractivity contribution in [1.29, 1.82) is 0 Å². The van der Waals surface area contributed by atoms with Gasteiger partial charge in [-0.25, -0.2) is 19.9 Å². The highest BCUT2D eigenvalue weighted by atomic mass is 16.7. The molecular weight excluding hydrogens is 729 g/mol. The lowest BCUT2D eigenvalue weighted by Crippen LogP contribution is -2.28. The number of carbonyl (C=O) groups is 2. The highest BCUT2D eigenvalue weighted by Crippen LogP contribution is 2.24. The van der Waals surface area contributed by atoms with Crippen LogP contribution in [0, 0.1) is 13.8 Å². The van der Waals surface area contributed by atoms with Crippen LogP contribution in [-0.2, 0) is 29.3 Å². The van der Waals surface area contributed by atoms with Gasteiger partial charge < -0.3 is 31.3 Å². The van der Waals surface area contributed by atoms with E-state index in [2.05, 4.69) is 41.2 Å². The molecule has 0 unspecified atom stereocenters. The summed E-state index contributed by atoms with van der Waals surface area (Å²) in [4.78, 5) is 69.5. The van der Waals surface area contributed by atoms with Gasteiger partial charge in [0.1, 0.15) is 19.3 Å². The number of rotatable bonds is 11. The third-order valence-electron chi connectivity index (χ3n) is 8.63. The number of nitrogens with one attached hydrogen (secondary N) is 4. The first-order chi connectivity index (χ1) is 27.5. The Morgan fingerprint density at radius 1 is 0.632 bits per heavy atom. The van der Waals surface area contributed by atoms with Gasteiger partial charge in [0.05, 0.1) is 33.5 Å². The van der Waals surface area contributed by atoms with Gasteiger partial charge in [0.25, 0.3) is 11.1 Å². The van der Waals surface area contributed by atoms with E-state index in [-0.39, 0.29) is 29.6 Å². The van der Waals surface area contributed by atoms with Gasteiger partial charge in [0.15, 0.2) is 11.3 Å². The zero-order valence-corrected chi connectivity index (χ0v) is 31.6. The maximum Gasteiger partial charge on any atom is 0.287 e. The summed E-state index contributed by atoms with van der Waals surface area (Å²) in [5.74, 6) is -0.245. The normalized spacial score (nSPS) is 10.7. The lowest BCUT2D eigenvalue weighted by molar-refractivity contribution is -0.115. The van der Waals surface area contributed by atoms with Crippen LogP contribution in [0.2, 0.25) is 0 Å². The molecule has 57 heavy (non-hydrogen) atoms. The number of nitrogens with zero attached hydrogens (tertiary/aromatic N) is 6. The van der Waals surface area contributed by atoms with E-state index in [0.29, 0.717) is 51.6 Å². The molecule has 0 saturated carbocycles. The molecule has 290 valence electrons. The molecule has 0 saturated heterocycles. The minimum atomic E-state index is -0.575. The fourth-order valence-corrected chi connectivity index (χ4v) is 5.92. The number of aryl methyl sites for hydroxylation is 2. The number of pyridine rings is 2. The first-order valence-electron chi connectivity index (χ1n) is 17.8. The summed E-state index contributed by atoms with van der Waals surface area (Å²) in [5.41, 5.74) is 6.58. The molecule has 0 aliphatic rings. The Bertz CT molecular complexity index is 2660. The van der Waals surface area contributed by atoms with E-state index in [0.717, 1.165) is 33.5 Å². The van der Waals surface area contributed by atoms with Crippen molar-refractivity contribution in [2.45, 2.75) is 47.4 Å². The van der Waals surface area contributed by atoms with Crippen molar-refractivity contribution < 1.29 is 19.6 Å². The van der Waals surface area contributed by atoms with Crippen molar-refractivity contribution in [2.24, 2.45) is 0 Å². The lowest BCUT2D eigenvalue weighted by atomic mass is 10.1. The van der Waals surface area contributed by atoms with Gasteiger partial charge in [-0.3, -0.25) is 19.2 Å². The summed E-state index contributed by atoms with van der Waals surface area (Å²) in [5, 5.41) is 23.1. The van der Waals surface area contributed by atoms with Crippen LogP contribution >= 0.6 is 0 Å². The summed E-state index contributed by atoms with van der Waals surface area (Å²) >= 11 is 0. The van der Waals surface area contributed by atoms with Crippen LogP contribution in [0.15, 0.2) is 113 Å². The lowest BCUT2D eigenvalue weighted by Gasteiger charge is -2.15. The second-order valence-electron chi connectivity index (χ2n) is 12.9. The number of aromatic nitrogens is 6. The molecule has 16 heteroatoms. The second kappa shape index (κ2) is 17.7. The van der Waals surface area contributed by atoms with Gasteiger partial charge in [0, 0.05) is 50.4 Å². The highest BCUT2D eigenvalue weighted by Gasteiger charge is 2.15. The maximum atomic E-state index is 12.8. The Morgan fingerprint density at radius 2 is 1.11 bits per heavy atom. The van der Waals surface area contributed by atoms with Crippen LogP contribution in [0.4, 0.5) is 22.7 Å². The molecule has 0 aliphatic heterocycles. The van der Waals surface area contributed by atoms with Crippen molar-refractivity contribution >= 4 is 56.6 Å². The standard InChI is InChI=1S/C24H23N5O3.C17H17N5O3/c1-16-23-21(25-13-18-8-10-20(11-9-18)28-17(2)30)12-22(31)29(24(23)27-15-26-16)32-14-19-6-4-3-5-7-19;1-10-16-14(7-15(24)22(25)17(16)20-9-19-10)18-8-12-3-5-13(6-4-12)21-11(2)23/h3-12,15,25H,13-14H2,1-2H3,(H,28,30);3-7,9,18,25H,8H2,1-2H3,(H,21,23). The number of amides is 2. The molecule has 0 spiro atoms. The average molecular weight is 769 g/mol. The van der Waals surface area contributed by atoms with Crippen LogP contribution in [0.5, 0.6) is 0 Å². The monoisotopic (exact) mass is 768 g/mol. The molecule has 0 radical (unpaired) electrons. The molecular formula is C41H40N10O6. The van der Waals surface area contributed by atoms with E-state index in [1.54, 1.807) is 19.1 Å². The van der Waals surface area contributed by atoms with Crippen molar-refractivity contribution in [2.75, 3.05) is 21.3 Å². The molecule has 0 atom stereocenters. The first kappa shape index (κ1) is 39.1. The van der Waals surface area contributed by atoms with Gasteiger partial charge in [-0.1, -0.05) is 54.6 Å². The molecule has 5 N–H and O–H groups in total. The molecule has 3 aromatic carbocycles. The van der Waals surface area contributed by atoms with Gasteiger partial charge >= 0.3 is 0 Å². The van der Waals surface area contributed by atoms with Crippen molar-refractivity contribution in [1.82, 2.24) is 29.4 Å². The molecule has 0 aliphatic carbocycles. The Morgan fingerprint density at radius 3 is 1.61 bits per heavy atom. The van der Waals surface area contributed by atoms with Crippen molar-refractivity contribution in [3.63, 3.8) is 0 Å². The topological polar surface area (TPSA) is 207 Å². The van der Waals surface area contributed by atoms with E-state index in [1.165, 1.54) is 43.4 Å². The van der Waals surface area contributed by atoms with Gasteiger partial charge in [-0.2, -0.15) is 0 Å². The van der Waals surface area contributed by atoms with Gasteiger partial charge in [0.2, 0.25) is 11.8 Å². The predicted octanol–water partition coefficient (Wildman–Crippen LogP) is 5.21. The van der Waals surface area contributed by atoms with Gasteiger partial charge in [-0.15, -0.1) is 9.46 Å². The summed E-state index contributed by atoms with van der Waals surface area (Å²) < 4.78 is 1.72. The third-order valence-corrected chi connectivity index (χ3v) is 8.63. The molecule has 16 nitrogen and oxygen atoms in total. The number of hydrogen-bond acceptors (Lipinski definition) is 12. The molecule has 4 aromatic heterocycles. The largest absolute Gasteiger partial charge is 0.423 e. The zero-order chi connectivity index (χ0) is 40.5. The van der Waals surface area contributed by atoms with E-state index in [9.17, 15) is 24.4 Å². The predicted molar refractivity (Wildman–Crippen MR) is 217 cm³/mol. The smallest absolute Gasteiger partial charge is 0.287 e. The summed E-state index contributed by atoms with van der Waals surface area (Å²) in [6.07, 6.45) is 2.72. The fraction of sp³-hybridized carbons (Fsp3) is 0.171. The molecule has 0 bridgehead atoms. The summed E-state index contributed by atoms with van der Waals surface area (Å²) in [7, 11) is 0. The molecule has 2 amide bonds. The zero-order valence-electron chi connectivity index (χ0n) is 31.6. The Balaban J connectivity index is 0.000000199. The van der Waals surface area contributed by atoms with Crippen LogP contribution in [-0.4, -0.2) is 46.4 Å². The average Bonchev–Trinajstić information content (AvgIpc) is 3.19. The van der Waals surface area contributed by atoms with Crippen molar-refractivity contribution in [3.05, 3.63) is 152 Å². The summed E-state index contributed by atoms with van der Waals surface area (Å²) in [6.45, 7) is 7.75. The molecule has 4 heterocycles. The highest BCUT2D eigenvalue weighted by molar-refractivity contribution is 5.92. The van der Waals surface area contributed by atoms with E-state index >= 15 is 0 Å². The van der Waals surface area contributed by atoms with E-state index in [4.69, 9.17) is 4.84 Å². The quantitative estimate of drug-likeness (QED) is 0.108. The Labute approximate surface area is 326 Å². The summed E-state index contributed by atoms with van der Waals surface area (Å²) in [6, 6.07) is 27.3. The third kappa shape index (κ3) is 9.74. The van der Waals surface area contributed by atoms with E-state index < -0.39 is 5.56 Å². The minimum absolute atomic E-state index is 0.118. The molecule has 7 aromatic rings. The first-order valence-corrected chi connectivity index (χ1v) is 17.8. The number of hydrogen-bond donors (Lipinski definition) is 5. The van der Waals surface area contributed by atoms with Crippen LogP contribution in [0.3, 0.4) is 0 Å². The Kier molecular flexibility index (Phi) is 12.1. The maximum absolute atomic E-state index is 12.8. The second-order valence-corrected chi connectivity index (χ2v) is 12.9. The molecule has 0 fully saturated rings. The molecule has 7 rings (SSSR count).